The summed E-state index contributed by atoms with van der Waals surface area (Å²) >= 11 is 0. The number of nitrogens with two attached hydrogens (primary N) is 1. The fraction of sp³-hybridized carbons (Fsp3) is 0.600. The summed E-state index contributed by atoms with van der Waals surface area (Å²) in [5, 5.41) is 0.186. The Balaban J connectivity index is 2.25. The highest BCUT2D eigenvalue weighted by atomic mass is 16.2. The van der Waals surface area contributed by atoms with Gasteiger partial charge in [-0.3, -0.25) is 19.1 Å². The number of nitrogens with zero attached hydrogens (tertiary/aromatic N) is 3. The largest absolute Gasteiger partial charge is 0.338 e. The van der Waals surface area contributed by atoms with Crippen molar-refractivity contribution < 1.29 is 4.79 Å². The predicted octanol–water partition coefficient (Wildman–Crippen LogP) is 1.29. The zero-order valence-corrected chi connectivity index (χ0v) is 17.0. The second-order valence-corrected chi connectivity index (χ2v) is 8.35. The van der Waals surface area contributed by atoms with Gasteiger partial charge in [0.15, 0.2) is 5.65 Å². The van der Waals surface area contributed by atoms with Gasteiger partial charge in [0.25, 0.3) is 11.5 Å². The molecule has 1 saturated heterocycles. The van der Waals surface area contributed by atoms with Crippen molar-refractivity contribution in [2.24, 2.45) is 17.6 Å². The van der Waals surface area contributed by atoms with Crippen LogP contribution in [0.25, 0.3) is 11.0 Å². The van der Waals surface area contributed by atoms with Crippen molar-refractivity contribution in [1.29, 1.82) is 0 Å². The van der Waals surface area contributed by atoms with Gasteiger partial charge in [-0.05, 0) is 36.8 Å². The van der Waals surface area contributed by atoms with E-state index in [0.717, 1.165) is 6.42 Å². The molecule has 0 aromatic carbocycles. The Bertz CT molecular complexity index is 1010. The maximum absolute atomic E-state index is 13.3. The first kappa shape index (κ1) is 20.3. The van der Waals surface area contributed by atoms with Crippen molar-refractivity contribution in [2.75, 3.05) is 19.6 Å². The van der Waals surface area contributed by atoms with Gasteiger partial charge >= 0.3 is 5.69 Å². The molecule has 0 bridgehead atoms. The van der Waals surface area contributed by atoms with E-state index in [2.05, 4.69) is 9.97 Å². The molecule has 1 unspecified atom stereocenters. The van der Waals surface area contributed by atoms with Crippen LogP contribution in [0.5, 0.6) is 0 Å². The van der Waals surface area contributed by atoms with Gasteiger partial charge in [-0.2, -0.15) is 0 Å². The number of nitrogens with one attached hydrogen (secondary N) is 1. The van der Waals surface area contributed by atoms with Gasteiger partial charge in [0.2, 0.25) is 0 Å². The van der Waals surface area contributed by atoms with E-state index in [0.29, 0.717) is 37.4 Å². The van der Waals surface area contributed by atoms with E-state index in [1.807, 2.05) is 27.7 Å². The lowest BCUT2D eigenvalue weighted by Crippen LogP contribution is -2.35. The number of H-pyrrole nitrogens is 1. The third-order valence-corrected chi connectivity index (χ3v) is 5.24. The summed E-state index contributed by atoms with van der Waals surface area (Å²) in [6, 6.07) is 1.70. The molecule has 0 spiro atoms. The fourth-order valence-electron chi connectivity index (χ4n) is 3.67. The molecule has 0 aliphatic carbocycles. The molecule has 28 heavy (non-hydrogen) atoms. The minimum atomic E-state index is -0.569. The molecule has 8 nitrogen and oxygen atoms in total. The first-order valence-corrected chi connectivity index (χ1v) is 9.90. The van der Waals surface area contributed by atoms with E-state index >= 15 is 0 Å². The second kappa shape index (κ2) is 7.87. The van der Waals surface area contributed by atoms with E-state index in [-0.39, 0.29) is 34.7 Å². The van der Waals surface area contributed by atoms with Gasteiger partial charge in [-0.1, -0.05) is 27.7 Å². The molecular formula is C20H29N5O3. The lowest BCUT2D eigenvalue weighted by atomic mass is 10.0. The van der Waals surface area contributed by atoms with Crippen LogP contribution in [0.2, 0.25) is 0 Å². The Hall–Kier alpha value is -2.48. The van der Waals surface area contributed by atoms with Crippen LogP contribution >= 0.6 is 0 Å². The number of rotatable bonds is 5. The minimum Gasteiger partial charge on any atom is -0.338 e. The molecule has 3 heterocycles. The normalized spacial score (nSPS) is 17.2. The van der Waals surface area contributed by atoms with E-state index in [9.17, 15) is 14.4 Å². The number of carbonyl (C=O) groups is 1. The molecule has 2 aromatic heterocycles. The highest BCUT2D eigenvalue weighted by molar-refractivity contribution is 6.05. The lowest BCUT2D eigenvalue weighted by Gasteiger charge is -2.20. The number of pyridine rings is 1. The number of carbonyl (C=O) groups excluding carboxylic acids is 1. The van der Waals surface area contributed by atoms with Crippen LogP contribution in [0.3, 0.4) is 0 Å². The molecule has 0 radical (unpaired) electrons. The Morgan fingerprint density at radius 1 is 1.32 bits per heavy atom. The van der Waals surface area contributed by atoms with Crippen LogP contribution in [0.4, 0.5) is 0 Å². The summed E-state index contributed by atoms with van der Waals surface area (Å²) < 4.78 is 1.47. The number of hydrogen-bond donors (Lipinski definition) is 2. The third-order valence-electron chi connectivity index (χ3n) is 5.24. The predicted molar refractivity (Wildman–Crippen MR) is 109 cm³/mol. The summed E-state index contributed by atoms with van der Waals surface area (Å²) in [4.78, 5) is 47.1. The molecule has 1 aliphatic rings. The Kier molecular flexibility index (Phi) is 5.69. The fourth-order valence-corrected chi connectivity index (χ4v) is 3.67. The smallest absolute Gasteiger partial charge is 0.330 e. The summed E-state index contributed by atoms with van der Waals surface area (Å²) in [6.07, 6.45) is 0.858. The summed E-state index contributed by atoms with van der Waals surface area (Å²) in [6.45, 7) is 10.1. The number of likely N-dealkylation sites (tertiary alicyclic amines) is 1. The van der Waals surface area contributed by atoms with E-state index in [1.54, 1.807) is 11.0 Å². The molecule has 8 heteroatoms. The molecule has 1 atom stereocenters. The summed E-state index contributed by atoms with van der Waals surface area (Å²) in [7, 11) is 0. The topological polar surface area (TPSA) is 114 Å². The van der Waals surface area contributed by atoms with Crippen molar-refractivity contribution in [3.8, 4) is 0 Å². The van der Waals surface area contributed by atoms with Crippen LogP contribution in [0.1, 0.15) is 56.1 Å². The van der Waals surface area contributed by atoms with Crippen LogP contribution in [0, 0.1) is 11.8 Å². The summed E-state index contributed by atoms with van der Waals surface area (Å²) in [5.74, 6) is 0.303. The second-order valence-electron chi connectivity index (χ2n) is 8.35. The first-order valence-electron chi connectivity index (χ1n) is 9.90. The maximum Gasteiger partial charge on any atom is 0.330 e. The molecule has 1 fully saturated rings. The van der Waals surface area contributed by atoms with Crippen molar-refractivity contribution >= 4 is 16.9 Å². The number of fused-ring (bicyclic) bond motifs is 1. The van der Waals surface area contributed by atoms with Crippen molar-refractivity contribution in [3.05, 3.63) is 38.2 Å². The first-order chi connectivity index (χ1) is 13.2. The van der Waals surface area contributed by atoms with Crippen LogP contribution in [0.15, 0.2) is 15.7 Å². The van der Waals surface area contributed by atoms with Crippen LogP contribution in [-0.2, 0) is 6.54 Å². The quantitative estimate of drug-likeness (QED) is 0.802. The molecule has 0 saturated carbocycles. The van der Waals surface area contributed by atoms with Gasteiger partial charge in [-0.25, -0.2) is 9.78 Å². The van der Waals surface area contributed by atoms with E-state index in [4.69, 9.17) is 5.73 Å². The van der Waals surface area contributed by atoms with E-state index in [1.165, 1.54) is 4.57 Å². The molecule has 3 N–H and O–H groups in total. The molecule has 1 aliphatic heterocycles. The zero-order chi connectivity index (χ0) is 20.6. The van der Waals surface area contributed by atoms with Gasteiger partial charge in [-0.15, -0.1) is 0 Å². The van der Waals surface area contributed by atoms with Crippen molar-refractivity contribution in [3.63, 3.8) is 0 Å². The molecule has 1 amide bonds. The lowest BCUT2D eigenvalue weighted by molar-refractivity contribution is 0.0789. The minimum absolute atomic E-state index is 0.0493. The SMILES string of the molecule is CC(C)Cn1c(=O)[nH]c(=O)c2c(C(=O)N3CCC(CN)C3)cc(C(C)C)nc21. The molecule has 2 aromatic rings. The molecule has 152 valence electrons. The Morgan fingerprint density at radius 2 is 2.04 bits per heavy atom. The zero-order valence-electron chi connectivity index (χ0n) is 17.0. The van der Waals surface area contributed by atoms with Crippen LogP contribution < -0.4 is 17.0 Å². The standard InChI is InChI=1S/C20H29N5O3/c1-11(2)9-25-17-16(18(26)23-20(25)28)14(7-15(22-17)12(3)4)19(27)24-6-5-13(8-21)10-24/h7,11-13H,5-6,8-10,21H2,1-4H3,(H,23,26,28). The van der Waals surface area contributed by atoms with E-state index < -0.39 is 11.2 Å². The number of aromatic nitrogens is 3. The maximum atomic E-state index is 13.3. The monoisotopic (exact) mass is 387 g/mol. The number of hydrogen-bond acceptors (Lipinski definition) is 5. The van der Waals surface area contributed by atoms with Gasteiger partial charge in [0, 0.05) is 25.3 Å². The Labute approximate surface area is 163 Å². The number of aromatic amines is 1. The average molecular weight is 387 g/mol. The van der Waals surface area contributed by atoms with Gasteiger partial charge < -0.3 is 10.6 Å². The Morgan fingerprint density at radius 3 is 2.61 bits per heavy atom. The van der Waals surface area contributed by atoms with Crippen LogP contribution in [-0.4, -0.2) is 45.0 Å². The summed E-state index contributed by atoms with van der Waals surface area (Å²) in [5.41, 5.74) is 5.97. The van der Waals surface area contributed by atoms with Gasteiger partial charge in [0.05, 0.1) is 10.9 Å². The van der Waals surface area contributed by atoms with Crippen molar-refractivity contribution in [2.45, 2.75) is 46.6 Å². The highest BCUT2D eigenvalue weighted by Gasteiger charge is 2.29. The molecular weight excluding hydrogens is 358 g/mol. The van der Waals surface area contributed by atoms with Gasteiger partial charge in [0.1, 0.15) is 0 Å². The third kappa shape index (κ3) is 3.73. The highest BCUT2D eigenvalue weighted by Crippen LogP contribution is 2.24. The number of amides is 1. The average Bonchev–Trinajstić information content (AvgIpc) is 3.12. The van der Waals surface area contributed by atoms with Crippen molar-refractivity contribution in [1.82, 2.24) is 19.4 Å². The molecule has 3 rings (SSSR count).